The van der Waals surface area contributed by atoms with Crippen molar-refractivity contribution >= 4 is 35.1 Å². The van der Waals surface area contributed by atoms with E-state index in [0.29, 0.717) is 35.0 Å². The summed E-state index contributed by atoms with van der Waals surface area (Å²) in [6.45, 7) is 9.92. The van der Waals surface area contributed by atoms with E-state index in [2.05, 4.69) is 38.9 Å². The minimum Gasteiger partial charge on any atom is -0.395 e. The summed E-state index contributed by atoms with van der Waals surface area (Å²) in [7, 11) is 0. The van der Waals surface area contributed by atoms with Gasteiger partial charge in [-0.05, 0) is 55.7 Å². The molecule has 200 valence electrons. The lowest BCUT2D eigenvalue weighted by atomic mass is 9.99. The Balaban J connectivity index is 0.00000336. The van der Waals surface area contributed by atoms with E-state index in [4.69, 9.17) is 4.98 Å². The second kappa shape index (κ2) is 11.0. The molecule has 0 saturated heterocycles. The predicted octanol–water partition coefficient (Wildman–Crippen LogP) is 2.91. The first-order valence-electron chi connectivity index (χ1n) is 12.3. The Hall–Kier alpha value is -3.57. The number of nitrogens with zero attached hydrogens (tertiary/aromatic N) is 6. The predicted molar refractivity (Wildman–Crippen MR) is 149 cm³/mol. The Morgan fingerprint density at radius 2 is 2.00 bits per heavy atom. The molecule has 0 saturated carbocycles. The van der Waals surface area contributed by atoms with Gasteiger partial charge in [-0.15, -0.1) is 19.0 Å². The Labute approximate surface area is 226 Å². The van der Waals surface area contributed by atoms with Crippen molar-refractivity contribution < 1.29 is 10.2 Å². The molecule has 1 aliphatic rings. The fourth-order valence-corrected chi connectivity index (χ4v) is 4.64. The van der Waals surface area contributed by atoms with E-state index in [1.165, 1.54) is 22.0 Å². The third-order valence-corrected chi connectivity index (χ3v) is 6.53. The van der Waals surface area contributed by atoms with Crippen molar-refractivity contribution in [2.24, 2.45) is 0 Å². The maximum absolute atomic E-state index is 13.2. The molecule has 1 aromatic carbocycles. The molecule has 5 rings (SSSR count). The largest absolute Gasteiger partial charge is 0.395 e. The molecule has 10 nitrogen and oxygen atoms in total. The van der Waals surface area contributed by atoms with Crippen molar-refractivity contribution in [2.75, 3.05) is 25.0 Å². The van der Waals surface area contributed by atoms with Gasteiger partial charge in [0.2, 0.25) is 5.95 Å². The lowest BCUT2D eigenvalue weighted by Crippen LogP contribution is -2.32. The maximum atomic E-state index is 13.2. The Morgan fingerprint density at radius 3 is 2.74 bits per heavy atom. The molecule has 0 fully saturated rings. The smallest absolute Gasteiger partial charge is 0.278 e. The van der Waals surface area contributed by atoms with Gasteiger partial charge < -0.3 is 15.5 Å². The topological polar surface area (TPSA) is 121 Å². The molecular formula is C27H32ClN7O3. The number of β-amino-alcohol motifs (C(OH)–C–C–N with tert-alkyl or cyclic N) is 1. The fourth-order valence-electron chi connectivity index (χ4n) is 4.64. The van der Waals surface area contributed by atoms with Crippen LogP contribution in [0.4, 0.5) is 11.6 Å². The highest BCUT2D eigenvalue weighted by atomic mass is 35.5. The molecular weight excluding hydrogens is 506 g/mol. The first-order chi connectivity index (χ1) is 17.8. The number of anilines is 2. The Bertz CT molecular complexity index is 1520. The number of rotatable bonds is 8. The van der Waals surface area contributed by atoms with Gasteiger partial charge in [-0.3, -0.25) is 9.69 Å². The molecule has 1 aliphatic heterocycles. The zero-order valence-electron chi connectivity index (χ0n) is 21.5. The standard InChI is InChI=1S/C27H31N7O3.ClH/c1-4-11-33-25(36)21-16-28-26(29-20-9-8-19-17-32(13-14-35)12-10-18(19)15-20)31-24(21)34(33)23-7-5-6-22(30-23)27(2,3)37;/h4-9,15-16,35,37H,1,10-14,17H2,2-3H3,(H,28,29,31);1H. The van der Waals surface area contributed by atoms with E-state index in [1.54, 1.807) is 42.8 Å². The number of nitrogens with one attached hydrogen (secondary N) is 1. The lowest BCUT2D eigenvalue weighted by Gasteiger charge is -2.28. The quantitative estimate of drug-likeness (QED) is 0.293. The van der Waals surface area contributed by atoms with Gasteiger partial charge in [0.1, 0.15) is 11.0 Å². The second-order valence-electron chi connectivity index (χ2n) is 9.72. The third kappa shape index (κ3) is 5.34. The number of benzene rings is 1. The SMILES string of the molecule is C=CCn1c(=O)c2cnc(Nc3ccc4c(c3)CCN(CCO)C4)nc2n1-c1cccc(C(C)(C)O)n1.Cl. The van der Waals surface area contributed by atoms with Gasteiger partial charge in [0.25, 0.3) is 5.56 Å². The van der Waals surface area contributed by atoms with Crippen molar-refractivity contribution in [3.8, 4) is 5.82 Å². The van der Waals surface area contributed by atoms with Crippen molar-refractivity contribution in [3.05, 3.63) is 82.4 Å². The van der Waals surface area contributed by atoms with Crippen LogP contribution in [0.5, 0.6) is 0 Å². The van der Waals surface area contributed by atoms with Crippen molar-refractivity contribution in [3.63, 3.8) is 0 Å². The molecule has 0 spiro atoms. The number of pyridine rings is 1. The second-order valence-corrected chi connectivity index (χ2v) is 9.72. The number of fused-ring (bicyclic) bond motifs is 2. The average Bonchev–Trinajstić information content (AvgIpc) is 3.15. The van der Waals surface area contributed by atoms with E-state index >= 15 is 0 Å². The van der Waals surface area contributed by atoms with E-state index in [1.807, 2.05) is 6.07 Å². The monoisotopic (exact) mass is 537 g/mol. The first kappa shape index (κ1) is 27.5. The van der Waals surface area contributed by atoms with Gasteiger partial charge in [0, 0.05) is 31.5 Å². The van der Waals surface area contributed by atoms with E-state index in [0.717, 1.165) is 25.2 Å². The Kier molecular flexibility index (Phi) is 7.98. The van der Waals surface area contributed by atoms with Crippen LogP contribution in [0, 0.1) is 0 Å². The van der Waals surface area contributed by atoms with Crippen molar-refractivity contribution in [1.29, 1.82) is 0 Å². The highest BCUT2D eigenvalue weighted by molar-refractivity contribution is 5.85. The van der Waals surface area contributed by atoms with Gasteiger partial charge in [0.15, 0.2) is 11.5 Å². The summed E-state index contributed by atoms with van der Waals surface area (Å²) >= 11 is 0. The van der Waals surface area contributed by atoms with Gasteiger partial charge in [-0.25, -0.2) is 19.3 Å². The van der Waals surface area contributed by atoms with Crippen LogP contribution in [0.25, 0.3) is 16.9 Å². The summed E-state index contributed by atoms with van der Waals surface area (Å²) in [6, 6.07) is 11.5. The van der Waals surface area contributed by atoms with Gasteiger partial charge in [0.05, 0.1) is 18.8 Å². The normalized spacial score (nSPS) is 13.7. The molecule has 3 aromatic heterocycles. The van der Waals surface area contributed by atoms with E-state index in [9.17, 15) is 15.0 Å². The Morgan fingerprint density at radius 1 is 1.18 bits per heavy atom. The number of aliphatic hydroxyl groups excluding tert-OH is 1. The zero-order chi connectivity index (χ0) is 26.2. The highest BCUT2D eigenvalue weighted by Gasteiger charge is 2.22. The number of halogens is 1. The summed E-state index contributed by atoms with van der Waals surface area (Å²) in [5, 5.41) is 23.3. The molecule has 4 heterocycles. The summed E-state index contributed by atoms with van der Waals surface area (Å²) in [5.74, 6) is 0.813. The molecule has 0 atom stereocenters. The molecule has 0 amide bonds. The molecule has 0 unspecified atom stereocenters. The van der Waals surface area contributed by atoms with Crippen LogP contribution < -0.4 is 10.9 Å². The van der Waals surface area contributed by atoms with Crippen molar-refractivity contribution in [2.45, 2.75) is 39.0 Å². The molecule has 38 heavy (non-hydrogen) atoms. The van der Waals surface area contributed by atoms with Crippen LogP contribution in [-0.4, -0.2) is 59.1 Å². The molecule has 0 bridgehead atoms. The average molecular weight is 538 g/mol. The molecule has 11 heteroatoms. The highest BCUT2D eigenvalue weighted by Crippen LogP contribution is 2.25. The summed E-state index contributed by atoms with van der Waals surface area (Å²) in [4.78, 5) is 29.2. The molecule has 0 aliphatic carbocycles. The van der Waals surface area contributed by atoms with Crippen LogP contribution in [0.3, 0.4) is 0 Å². The van der Waals surface area contributed by atoms with Gasteiger partial charge >= 0.3 is 0 Å². The number of hydrogen-bond acceptors (Lipinski definition) is 8. The van der Waals surface area contributed by atoms with Crippen molar-refractivity contribution in [1.82, 2.24) is 29.2 Å². The number of aliphatic hydroxyl groups is 2. The summed E-state index contributed by atoms with van der Waals surface area (Å²) < 4.78 is 3.15. The summed E-state index contributed by atoms with van der Waals surface area (Å²) in [5.41, 5.74) is 2.84. The molecule has 4 aromatic rings. The van der Waals surface area contributed by atoms with Gasteiger partial charge in [-0.2, -0.15) is 4.98 Å². The van der Waals surface area contributed by atoms with Crippen LogP contribution in [0.15, 0.2) is 60.0 Å². The molecule has 3 N–H and O–H groups in total. The number of hydrogen-bond donors (Lipinski definition) is 3. The maximum Gasteiger partial charge on any atom is 0.278 e. The zero-order valence-corrected chi connectivity index (χ0v) is 22.3. The third-order valence-electron chi connectivity index (χ3n) is 6.53. The summed E-state index contributed by atoms with van der Waals surface area (Å²) in [6.07, 6.45) is 4.06. The number of allylic oxidation sites excluding steroid dienone is 1. The first-order valence-corrected chi connectivity index (χ1v) is 12.3. The van der Waals surface area contributed by atoms with Crippen LogP contribution in [0.2, 0.25) is 0 Å². The van der Waals surface area contributed by atoms with Crippen LogP contribution in [-0.2, 0) is 25.1 Å². The number of aromatic nitrogens is 5. The van der Waals surface area contributed by atoms with Crippen LogP contribution in [0.1, 0.15) is 30.7 Å². The molecule has 0 radical (unpaired) electrons. The minimum absolute atomic E-state index is 0. The minimum atomic E-state index is -1.15. The van der Waals surface area contributed by atoms with E-state index < -0.39 is 5.60 Å². The van der Waals surface area contributed by atoms with Crippen LogP contribution >= 0.6 is 12.4 Å². The lowest BCUT2D eigenvalue weighted by molar-refractivity contribution is 0.0738. The van der Waals surface area contributed by atoms with E-state index in [-0.39, 0.29) is 31.1 Å². The van der Waals surface area contributed by atoms with Gasteiger partial charge in [-0.1, -0.05) is 18.2 Å². The fraction of sp³-hybridized carbons (Fsp3) is 0.333.